The highest BCUT2D eigenvalue weighted by atomic mass is 16.6. The van der Waals surface area contributed by atoms with Gasteiger partial charge in [-0.3, -0.25) is 24.3 Å². The van der Waals surface area contributed by atoms with Gasteiger partial charge in [0.25, 0.3) is 11.2 Å². The summed E-state index contributed by atoms with van der Waals surface area (Å²) in [5, 5.41) is 14.0. The first-order valence-corrected chi connectivity index (χ1v) is 9.69. The number of nitro benzene ring substituents is 1. The van der Waals surface area contributed by atoms with Gasteiger partial charge >= 0.3 is 0 Å². The van der Waals surface area contributed by atoms with Crippen molar-refractivity contribution in [2.45, 2.75) is 13.5 Å². The van der Waals surface area contributed by atoms with Gasteiger partial charge in [0.2, 0.25) is 5.91 Å². The number of non-ortho nitro benzene ring substituents is 1. The minimum absolute atomic E-state index is 0.0351. The molecule has 1 heterocycles. The molecule has 0 saturated carbocycles. The fourth-order valence-electron chi connectivity index (χ4n) is 3.22. The van der Waals surface area contributed by atoms with Gasteiger partial charge < -0.3 is 10.1 Å². The number of amides is 1. The quantitative estimate of drug-likeness (QED) is 0.364. The first kappa shape index (κ1) is 20.7. The molecule has 0 fully saturated rings. The number of carbonyl (C=O) groups excluding carboxylic acids is 1. The molecule has 1 N–H and O–H groups in total. The van der Waals surface area contributed by atoms with Gasteiger partial charge in [0, 0.05) is 23.9 Å². The summed E-state index contributed by atoms with van der Waals surface area (Å²) in [6.07, 6.45) is 0. The van der Waals surface area contributed by atoms with E-state index < -0.39 is 4.92 Å². The topological polar surface area (TPSA) is 116 Å². The third kappa shape index (κ3) is 4.46. The lowest BCUT2D eigenvalue weighted by Crippen LogP contribution is -2.30. The molecule has 4 rings (SSSR count). The molecule has 0 aliphatic carbocycles. The van der Waals surface area contributed by atoms with Crippen molar-refractivity contribution in [1.29, 1.82) is 0 Å². The van der Waals surface area contributed by atoms with E-state index in [4.69, 9.17) is 4.74 Å². The molecule has 0 bridgehead atoms. The number of nitrogens with one attached hydrogen (secondary N) is 1. The number of nitrogens with zero attached hydrogens (tertiary/aromatic N) is 3. The van der Waals surface area contributed by atoms with Gasteiger partial charge in [-0.05, 0) is 43.3 Å². The number of hydrogen-bond donors (Lipinski definition) is 1. The zero-order chi connectivity index (χ0) is 22.7. The number of aromatic nitrogens is 2. The second-order valence-corrected chi connectivity index (χ2v) is 7.00. The summed E-state index contributed by atoms with van der Waals surface area (Å²) in [6.45, 7) is 1.50. The summed E-state index contributed by atoms with van der Waals surface area (Å²) in [5.41, 5.74) is 0.752. The number of rotatable bonds is 6. The van der Waals surface area contributed by atoms with E-state index in [0.717, 1.165) is 0 Å². The van der Waals surface area contributed by atoms with Crippen LogP contribution in [0.15, 0.2) is 77.6 Å². The summed E-state index contributed by atoms with van der Waals surface area (Å²) in [6, 6.07) is 19.4. The summed E-state index contributed by atoms with van der Waals surface area (Å²) in [4.78, 5) is 40.0. The maximum Gasteiger partial charge on any atom is 0.269 e. The van der Waals surface area contributed by atoms with Crippen LogP contribution in [0, 0.1) is 17.0 Å². The molecule has 0 radical (unpaired) electrons. The molecule has 1 amide bonds. The predicted molar refractivity (Wildman–Crippen MR) is 119 cm³/mol. The zero-order valence-corrected chi connectivity index (χ0v) is 17.0. The third-order valence-corrected chi connectivity index (χ3v) is 4.76. The van der Waals surface area contributed by atoms with E-state index >= 15 is 0 Å². The minimum Gasteiger partial charge on any atom is -0.457 e. The number of benzene rings is 3. The monoisotopic (exact) mass is 430 g/mol. The number of aryl methyl sites for hydroxylation is 1. The Morgan fingerprint density at radius 2 is 1.81 bits per heavy atom. The molecular weight excluding hydrogens is 412 g/mol. The van der Waals surface area contributed by atoms with Crippen LogP contribution in [0.25, 0.3) is 10.9 Å². The highest BCUT2D eigenvalue weighted by molar-refractivity contribution is 5.91. The number of fused-ring (bicyclic) bond motifs is 1. The van der Waals surface area contributed by atoms with Gasteiger partial charge in [-0.2, -0.15) is 0 Å². The van der Waals surface area contributed by atoms with Crippen LogP contribution in [-0.2, 0) is 11.3 Å². The molecule has 160 valence electrons. The third-order valence-electron chi connectivity index (χ3n) is 4.76. The van der Waals surface area contributed by atoms with Crippen molar-refractivity contribution in [1.82, 2.24) is 9.55 Å². The SMILES string of the molecule is Cc1nc2ccccc2c(=O)n1CC(=O)Nc1cccc(Oc2ccc([N+](=O)[O-])cc2)c1. The Morgan fingerprint density at radius 1 is 1.06 bits per heavy atom. The molecule has 1 aromatic heterocycles. The number of anilines is 1. The molecule has 4 aromatic rings. The van der Waals surface area contributed by atoms with E-state index in [9.17, 15) is 19.7 Å². The van der Waals surface area contributed by atoms with E-state index in [2.05, 4.69) is 10.3 Å². The van der Waals surface area contributed by atoms with Crippen molar-refractivity contribution in [3.05, 3.63) is 99.1 Å². The van der Waals surface area contributed by atoms with Crippen LogP contribution >= 0.6 is 0 Å². The van der Waals surface area contributed by atoms with Crippen molar-refractivity contribution in [3.63, 3.8) is 0 Å². The Labute approximate surface area is 182 Å². The summed E-state index contributed by atoms with van der Waals surface area (Å²) in [5.74, 6) is 0.916. The number of para-hydroxylation sites is 1. The molecule has 3 aromatic carbocycles. The zero-order valence-electron chi connectivity index (χ0n) is 17.0. The van der Waals surface area contributed by atoms with E-state index in [0.29, 0.717) is 33.9 Å². The van der Waals surface area contributed by atoms with Crippen molar-refractivity contribution in [2.24, 2.45) is 0 Å². The van der Waals surface area contributed by atoms with Crippen LogP contribution in [0.4, 0.5) is 11.4 Å². The lowest BCUT2D eigenvalue weighted by molar-refractivity contribution is -0.384. The standard InChI is InChI=1S/C23H18N4O5/c1-15-24-21-8-3-2-7-20(21)23(29)26(15)14-22(28)25-16-5-4-6-19(13-16)32-18-11-9-17(10-12-18)27(30)31/h2-13H,14H2,1H3,(H,25,28). The Balaban J connectivity index is 1.48. The summed E-state index contributed by atoms with van der Waals surface area (Å²) in [7, 11) is 0. The molecule has 32 heavy (non-hydrogen) atoms. The first-order valence-electron chi connectivity index (χ1n) is 9.69. The number of ether oxygens (including phenoxy) is 1. The molecule has 0 aliphatic heterocycles. The molecule has 0 aliphatic rings. The summed E-state index contributed by atoms with van der Waals surface area (Å²) >= 11 is 0. The fraction of sp³-hybridized carbons (Fsp3) is 0.0870. The second kappa shape index (κ2) is 8.68. The maximum atomic E-state index is 12.7. The van der Waals surface area contributed by atoms with Gasteiger partial charge in [0.15, 0.2) is 0 Å². The van der Waals surface area contributed by atoms with Crippen LogP contribution in [-0.4, -0.2) is 20.4 Å². The van der Waals surface area contributed by atoms with Crippen molar-refractivity contribution in [2.75, 3.05) is 5.32 Å². The average Bonchev–Trinajstić information content (AvgIpc) is 2.77. The van der Waals surface area contributed by atoms with Gasteiger partial charge in [0.05, 0.1) is 15.8 Å². The van der Waals surface area contributed by atoms with E-state index in [1.54, 1.807) is 55.5 Å². The lowest BCUT2D eigenvalue weighted by Gasteiger charge is -2.12. The van der Waals surface area contributed by atoms with Crippen molar-refractivity contribution < 1.29 is 14.5 Å². The van der Waals surface area contributed by atoms with Crippen LogP contribution in [0.2, 0.25) is 0 Å². The number of hydrogen-bond acceptors (Lipinski definition) is 6. The van der Waals surface area contributed by atoms with E-state index in [1.807, 2.05) is 0 Å². The highest BCUT2D eigenvalue weighted by Gasteiger charge is 2.12. The van der Waals surface area contributed by atoms with E-state index in [-0.39, 0.29) is 23.7 Å². The van der Waals surface area contributed by atoms with Crippen LogP contribution in [0.5, 0.6) is 11.5 Å². The molecule has 0 atom stereocenters. The Kier molecular flexibility index (Phi) is 5.63. The molecule has 9 nitrogen and oxygen atoms in total. The normalized spacial score (nSPS) is 10.7. The number of nitro groups is 1. The van der Waals surface area contributed by atoms with Crippen LogP contribution in [0.3, 0.4) is 0 Å². The molecule has 9 heteroatoms. The molecule has 0 spiro atoms. The fourth-order valence-corrected chi connectivity index (χ4v) is 3.22. The maximum absolute atomic E-state index is 12.7. The smallest absolute Gasteiger partial charge is 0.269 e. The molecule has 0 saturated heterocycles. The van der Waals surface area contributed by atoms with Gasteiger partial charge in [-0.25, -0.2) is 4.98 Å². The predicted octanol–water partition coefficient (Wildman–Crippen LogP) is 4.04. The lowest BCUT2D eigenvalue weighted by atomic mass is 10.2. The number of carbonyl (C=O) groups is 1. The van der Waals surface area contributed by atoms with Crippen molar-refractivity contribution in [3.8, 4) is 11.5 Å². The Bertz CT molecular complexity index is 1380. The van der Waals surface area contributed by atoms with Crippen LogP contribution < -0.4 is 15.6 Å². The second-order valence-electron chi connectivity index (χ2n) is 7.00. The van der Waals surface area contributed by atoms with Gasteiger partial charge in [0.1, 0.15) is 23.9 Å². The van der Waals surface area contributed by atoms with E-state index in [1.165, 1.54) is 28.8 Å². The average molecular weight is 430 g/mol. The van der Waals surface area contributed by atoms with Crippen LogP contribution in [0.1, 0.15) is 5.82 Å². The van der Waals surface area contributed by atoms with Gasteiger partial charge in [-0.1, -0.05) is 18.2 Å². The molecular formula is C23H18N4O5. The minimum atomic E-state index is -0.488. The van der Waals surface area contributed by atoms with Crippen molar-refractivity contribution >= 4 is 28.2 Å². The largest absolute Gasteiger partial charge is 0.457 e. The Morgan fingerprint density at radius 3 is 2.56 bits per heavy atom. The molecule has 0 unspecified atom stereocenters. The Hall–Kier alpha value is -4.53. The van der Waals surface area contributed by atoms with Gasteiger partial charge in [-0.15, -0.1) is 0 Å². The first-order chi connectivity index (χ1) is 15.4. The highest BCUT2D eigenvalue weighted by Crippen LogP contribution is 2.26. The summed E-state index contributed by atoms with van der Waals surface area (Å²) < 4.78 is 7.03.